The van der Waals surface area contributed by atoms with Crippen molar-refractivity contribution >= 4 is 16.0 Å². The Kier molecular flexibility index (Phi) is 5.95. The van der Waals surface area contributed by atoms with E-state index in [9.17, 15) is 13.2 Å². The Hall–Kier alpha value is -2.39. The molecule has 2 aromatic rings. The molecule has 4 fully saturated rings. The van der Waals surface area contributed by atoms with Gasteiger partial charge in [0.15, 0.2) is 0 Å². The molecular weight excluding hydrogens is 442 g/mol. The van der Waals surface area contributed by atoms with Crippen molar-refractivity contribution in [1.82, 2.24) is 15.1 Å². The van der Waals surface area contributed by atoms with Crippen LogP contribution in [-0.4, -0.2) is 42.5 Å². The van der Waals surface area contributed by atoms with Gasteiger partial charge in [-0.2, -0.15) is 13.5 Å². The number of ether oxygens (including phenoxy) is 1. The highest BCUT2D eigenvalue weighted by Crippen LogP contribution is 2.55. The van der Waals surface area contributed by atoms with Crippen LogP contribution in [-0.2, 0) is 27.5 Å². The summed E-state index contributed by atoms with van der Waals surface area (Å²) >= 11 is 0. The number of amides is 1. The molecule has 4 saturated carbocycles. The second-order valence-electron chi connectivity index (χ2n) is 10.0. The quantitative estimate of drug-likeness (QED) is 0.562. The van der Waals surface area contributed by atoms with Crippen molar-refractivity contribution in [1.29, 1.82) is 0 Å². The van der Waals surface area contributed by atoms with Gasteiger partial charge in [0.05, 0.1) is 25.6 Å². The van der Waals surface area contributed by atoms with E-state index in [1.807, 2.05) is 30.3 Å². The first-order valence-corrected chi connectivity index (χ1v) is 13.5. The molecule has 4 bridgehead atoms. The third-order valence-corrected chi connectivity index (χ3v) is 7.87. The molecule has 1 amide bonds. The van der Waals surface area contributed by atoms with Gasteiger partial charge in [0, 0.05) is 5.54 Å². The molecule has 0 saturated heterocycles. The summed E-state index contributed by atoms with van der Waals surface area (Å²) in [7, 11) is -3.56. The molecule has 0 radical (unpaired) electrons. The van der Waals surface area contributed by atoms with Crippen molar-refractivity contribution in [2.45, 2.75) is 57.2 Å². The van der Waals surface area contributed by atoms with Crippen LogP contribution in [0.15, 0.2) is 36.5 Å². The summed E-state index contributed by atoms with van der Waals surface area (Å²) in [6.45, 7) is 0.344. The van der Waals surface area contributed by atoms with Gasteiger partial charge in [-0.3, -0.25) is 8.98 Å². The van der Waals surface area contributed by atoms with Crippen molar-refractivity contribution in [3.8, 4) is 5.88 Å². The summed E-state index contributed by atoms with van der Waals surface area (Å²) in [6, 6.07) is 9.68. The molecule has 4 aliphatic carbocycles. The van der Waals surface area contributed by atoms with Gasteiger partial charge in [-0.05, 0) is 61.8 Å². The lowest BCUT2D eigenvalue weighted by molar-refractivity contribution is -0.0167. The molecule has 1 aromatic heterocycles. The molecule has 33 heavy (non-hydrogen) atoms. The van der Waals surface area contributed by atoms with Crippen LogP contribution in [0.25, 0.3) is 0 Å². The monoisotopic (exact) mass is 473 g/mol. The topological polar surface area (TPSA) is 99.5 Å². The van der Waals surface area contributed by atoms with E-state index in [-0.39, 0.29) is 31.2 Å². The zero-order valence-electron chi connectivity index (χ0n) is 18.9. The van der Waals surface area contributed by atoms with E-state index in [1.165, 1.54) is 30.1 Å². The minimum absolute atomic E-state index is 0.0851. The number of aromatic nitrogens is 2. The minimum atomic E-state index is -3.56. The predicted molar refractivity (Wildman–Crippen MR) is 122 cm³/mol. The summed E-state index contributed by atoms with van der Waals surface area (Å²) in [6.07, 6.45) is 9.60. The first-order chi connectivity index (χ1) is 15.8. The summed E-state index contributed by atoms with van der Waals surface area (Å²) in [4.78, 5) is 13.4. The molecular formula is C24H31N3O5S. The van der Waals surface area contributed by atoms with Crippen molar-refractivity contribution in [2.24, 2.45) is 17.8 Å². The van der Waals surface area contributed by atoms with Crippen LogP contribution < -0.4 is 10.1 Å². The molecule has 0 spiro atoms. The lowest BCUT2D eigenvalue weighted by Crippen LogP contribution is -2.59. The first-order valence-electron chi connectivity index (χ1n) is 11.7. The standard InChI is InChI=1S/C24H31N3O5S/c1-33(29,30)32-8-7-27-23(31-16-17-5-3-2-4-6-17)21(15-25-27)22(28)26-24-12-18-9-19(13-24)11-20(10-18)14-24/h2-6,15,18-20H,7-14,16H2,1H3,(H,26,28). The highest BCUT2D eigenvalue weighted by atomic mass is 32.2. The molecule has 9 heteroatoms. The van der Waals surface area contributed by atoms with Crippen molar-refractivity contribution in [3.63, 3.8) is 0 Å². The first kappa shape index (κ1) is 22.4. The van der Waals surface area contributed by atoms with E-state index >= 15 is 0 Å². The lowest BCUT2D eigenvalue weighted by atomic mass is 9.53. The molecule has 0 atom stereocenters. The van der Waals surface area contributed by atoms with Gasteiger partial charge in [-0.15, -0.1) is 0 Å². The normalized spacial score (nSPS) is 28.1. The van der Waals surface area contributed by atoms with E-state index in [1.54, 1.807) is 0 Å². The van der Waals surface area contributed by atoms with Crippen LogP contribution in [0.4, 0.5) is 0 Å². The summed E-state index contributed by atoms with van der Waals surface area (Å²) < 4.78 is 35.1. The lowest BCUT2D eigenvalue weighted by Gasteiger charge is -2.56. The van der Waals surface area contributed by atoms with Crippen molar-refractivity contribution in [2.75, 3.05) is 12.9 Å². The molecule has 1 aromatic carbocycles. The Balaban J connectivity index is 1.34. The number of carbonyl (C=O) groups excluding carboxylic acids is 1. The molecule has 1 N–H and O–H groups in total. The maximum atomic E-state index is 13.4. The minimum Gasteiger partial charge on any atom is -0.472 e. The predicted octanol–water partition coefficient (Wildman–Crippen LogP) is 3.14. The molecule has 4 aliphatic rings. The summed E-state index contributed by atoms with van der Waals surface area (Å²) in [5, 5.41) is 7.69. The fourth-order valence-electron chi connectivity index (χ4n) is 6.41. The number of rotatable bonds is 9. The SMILES string of the molecule is CS(=O)(=O)OCCn1ncc(C(=O)NC23CC4CC(CC(C4)C2)C3)c1OCc1ccccc1. The van der Waals surface area contributed by atoms with E-state index in [0.717, 1.165) is 48.8 Å². The zero-order valence-corrected chi connectivity index (χ0v) is 19.7. The molecule has 1 heterocycles. The maximum Gasteiger partial charge on any atom is 0.264 e. The molecule has 0 unspecified atom stereocenters. The number of nitrogens with zero attached hydrogens (tertiary/aromatic N) is 2. The highest BCUT2D eigenvalue weighted by Gasteiger charge is 2.51. The second kappa shape index (κ2) is 8.76. The number of nitrogens with one attached hydrogen (secondary N) is 1. The Bertz CT molecular complexity index is 1080. The van der Waals surface area contributed by atoms with Gasteiger partial charge >= 0.3 is 0 Å². The van der Waals surface area contributed by atoms with E-state index in [0.29, 0.717) is 11.4 Å². The third-order valence-electron chi connectivity index (χ3n) is 7.27. The van der Waals surface area contributed by atoms with Crippen LogP contribution in [0, 0.1) is 17.8 Å². The van der Waals surface area contributed by atoms with Crippen molar-refractivity contribution in [3.05, 3.63) is 47.7 Å². The summed E-state index contributed by atoms with van der Waals surface area (Å²) in [5.74, 6) is 2.33. The number of benzene rings is 1. The second-order valence-corrected chi connectivity index (χ2v) is 11.7. The fraction of sp³-hybridized carbons (Fsp3) is 0.583. The molecule has 6 rings (SSSR count). The largest absolute Gasteiger partial charge is 0.472 e. The van der Waals surface area contributed by atoms with Crippen molar-refractivity contribution < 1.29 is 22.1 Å². The molecule has 178 valence electrons. The summed E-state index contributed by atoms with van der Waals surface area (Å²) in [5.41, 5.74) is 1.22. The van der Waals surface area contributed by atoms with E-state index < -0.39 is 10.1 Å². The average Bonchev–Trinajstić information content (AvgIpc) is 3.13. The van der Waals surface area contributed by atoms with E-state index in [4.69, 9.17) is 8.92 Å². The fourth-order valence-corrected chi connectivity index (χ4v) is 6.79. The number of carbonyl (C=O) groups is 1. The van der Waals surface area contributed by atoms with Crippen LogP contribution in [0.3, 0.4) is 0 Å². The van der Waals surface area contributed by atoms with Gasteiger partial charge in [0.2, 0.25) is 5.88 Å². The van der Waals surface area contributed by atoms with Gasteiger partial charge in [-0.25, -0.2) is 4.68 Å². The van der Waals surface area contributed by atoms with Crippen LogP contribution in [0.5, 0.6) is 5.88 Å². The van der Waals surface area contributed by atoms with Gasteiger partial charge in [-0.1, -0.05) is 30.3 Å². The van der Waals surface area contributed by atoms with E-state index in [2.05, 4.69) is 10.4 Å². The number of hydrogen-bond acceptors (Lipinski definition) is 6. The smallest absolute Gasteiger partial charge is 0.264 e. The Morgan fingerprint density at radius 2 is 1.76 bits per heavy atom. The zero-order chi connectivity index (χ0) is 23.1. The number of hydrogen-bond donors (Lipinski definition) is 1. The van der Waals surface area contributed by atoms with Crippen LogP contribution >= 0.6 is 0 Å². The average molecular weight is 474 g/mol. The maximum absolute atomic E-state index is 13.4. The van der Waals surface area contributed by atoms with Crippen LogP contribution in [0.1, 0.15) is 54.4 Å². The Morgan fingerprint density at radius 1 is 1.12 bits per heavy atom. The van der Waals surface area contributed by atoms with Gasteiger partial charge in [0.25, 0.3) is 16.0 Å². The molecule has 0 aliphatic heterocycles. The third kappa shape index (κ3) is 5.09. The molecule has 8 nitrogen and oxygen atoms in total. The Labute approximate surface area is 194 Å². The van der Waals surface area contributed by atoms with Crippen LogP contribution in [0.2, 0.25) is 0 Å². The van der Waals surface area contributed by atoms with Gasteiger partial charge < -0.3 is 10.1 Å². The Morgan fingerprint density at radius 3 is 2.36 bits per heavy atom. The highest BCUT2D eigenvalue weighted by molar-refractivity contribution is 7.85. The van der Waals surface area contributed by atoms with Gasteiger partial charge in [0.1, 0.15) is 12.2 Å².